The van der Waals surface area contributed by atoms with E-state index in [2.05, 4.69) is 20.4 Å². The molecule has 4 heterocycles. The molecule has 3 aromatic rings. The number of hydrogen-bond acceptors (Lipinski definition) is 7. The molecule has 256 valence electrons. The monoisotopic (exact) mass is 677 g/mol. The van der Waals surface area contributed by atoms with E-state index in [1.54, 1.807) is 18.7 Å². The lowest BCUT2D eigenvalue weighted by Crippen LogP contribution is -2.47. The summed E-state index contributed by atoms with van der Waals surface area (Å²) in [6.45, 7) is 8.32. The topological polar surface area (TPSA) is 95.9 Å². The highest BCUT2D eigenvalue weighted by molar-refractivity contribution is 6.32. The number of nitrogens with zero attached hydrogens (tertiary/aromatic N) is 3. The molecule has 6 rings (SSSR count). The Labute approximate surface area is 286 Å². The number of halogens is 2. The van der Waals surface area contributed by atoms with Crippen molar-refractivity contribution in [3.63, 3.8) is 0 Å². The Bertz CT molecular complexity index is 1760. The lowest BCUT2D eigenvalue weighted by molar-refractivity contribution is -0.133. The summed E-state index contributed by atoms with van der Waals surface area (Å²) in [6, 6.07) is 9.13. The summed E-state index contributed by atoms with van der Waals surface area (Å²) in [4.78, 5) is 40.9. The number of carbonyl (C=O) groups is 2. The fraction of sp³-hybridized carbons (Fsp3) is 0.486. The van der Waals surface area contributed by atoms with Crippen molar-refractivity contribution in [1.82, 2.24) is 19.7 Å². The predicted molar refractivity (Wildman–Crippen MR) is 186 cm³/mol. The van der Waals surface area contributed by atoms with Gasteiger partial charge in [-0.05, 0) is 119 Å². The molecule has 0 saturated carbocycles. The minimum atomic E-state index is -0.533. The molecule has 1 aromatic heterocycles. The van der Waals surface area contributed by atoms with Crippen LogP contribution in [0.1, 0.15) is 66.7 Å². The number of likely N-dealkylation sites (tertiary alicyclic amines) is 2. The number of ether oxygens (including phenoxy) is 1. The highest BCUT2D eigenvalue weighted by Gasteiger charge is 2.31. The third kappa shape index (κ3) is 7.16. The Balaban J connectivity index is 1.02. The molecule has 0 radical (unpaired) electrons. The molecule has 3 aliphatic heterocycles. The number of anilines is 1. The van der Waals surface area contributed by atoms with Gasteiger partial charge >= 0.3 is 0 Å². The fourth-order valence-electron chi connectivity index (χ4n) is 7.59. The van der Waals surface area contributed by atoms with Crippen LogP contribution in [0.4, 0.5) is 10.1 Å². The molecule has 2 amide bonds. The van der Waals surface area contributed by atoms with Crippen molar-refractivity contribution in [2.75, 3.05) is 38.6 Å². The summed E-state index contributed by atoms with van der Waals surface area (Å²) < 4.78 is 22.7. The molecule has 9 nitrogen and oxygen atoms in total. The van der Waals surface area contributed by atoms with Crippen LogP contribution in [-0.4, -0.2) is 71.6 Å². The van der Waals surface area contributed by atoms with Gasteiger partial charge in [-0.1, -0.05) is 17.7 Å². The van der Waals surface area contributed by atoms with Crippen LogP contribution in [0.25, 0.3) is 11.1 Å². The lowest BCUT2D eigenvalue weighted by Gasteiger charge is -2.42. The van der Waals surface area contributed by atoms with Crippen molar-refractivity contribution in [3.05, 3.63) is 80.0 Å². The van der Waals surface area contributed by atoms with Crippen LogP contribution in [-0.2, 0) is 23.2 Å². The van der Waals surface area contributed by atoms with Gasteiger partial charge in [-0.2, -0.15) is 0 Å². The molecule has 3 aliphatic rings. The molecule has 11 heteroatoms. The van der Waals surface area contributed by atoms with Gasteiger partial charge in [0.05, 0.1) is 7.11 Å². The second-order valence-corrected chi connectivity index (χ2v) is 14.0. The number of rotatable bonds is 8. The molecular weight excluding hydrogens is 633 g/mol. The number of amides is 2. The van der Waals surface area contributed by atoms with E-state index in [0.29, 0.717) is 29.7 Å². The zero-order chi connectivity index (χ0) is 34.1. The molecular formula is C37H45ClFN5O4. The Morgan fingerprint density at radius 3 is 2.38 bits per heavy atom. The third-order valence-corrected chi connectivity index (χ3v) is 11.0. The van der Waals surface area contributed by atoms with Gasteiger partial charge in [0.25, 0.3) is 5.56 Å². The number of carbonyl (C=O) groups excluding carboxylic acids is 2. The molecule has 48 heavy (non-hydrogen) atoms. The summed E-state index contributed by atoms with van der Waals surface area (Å²) >= 11 is 6.89. The first-order valence-corrected chi connectivity index (χ1v) is 17.3. The molecule has 2 N–H and O–H groups in total. The van der Waals surface area contributed by atoms with Gasteiger partial charge in [-0.25, -0.2) is 4.39 Å². The number of methoxy groups -OCH3 is 1. The van der Waals surface area contributed by atoms with Crippen molar-refractivity contribution in [3.8, 4) is 16.9 Å². The molecule has 0 bridgehead atoms. The number of aromatic nitrogens is 1. The number of aryl methyl sites for hydroxylation is 1. The van der Waals surface area contributed by atoms with Crippen LogP contribution in [0.3, 0.4) is 0 Å². The van der Waals surface area contributed by atoms with Crippen LogP contribution < -0.4 is 20.9 Å². The fourth-order valence-corrected chi connectivity index (χ4v) is 7.86. The number of imide groups is 1. The van der Waals surface area contributed by atoms with E-state index in [1.165, 1.54) is 6.07 Å². The normalized spacial score (nSPS) is 20.2. The maximum atomic E-state index is 15.2. The minimum absolute atomic E-state index is 0.000443. The van der Waals surface area contributed by atoms with Crippen LogP contribution in [0, 0.1) is 19.7 Å². The van der Waals surface area contributed by atoms with E-state index in [-0.39, 0.29) is 35.5 Å². The standard InChI is InChI=1S/C37H45ClFN5O4/c1-22-23(2)37(47)42(3)20-29(22)25-17-31(38)30(34(18-25)48-4)21-43-13-11-27(12-14-43)44-15-9-24(10-16-44)28-6-5-26(19-32(28)39)40-33-7-8-35(45)41-36(33)46/h5-6,17-20,24,27,33,40H,7-16,21H2,1-4H3,(H,41,45,46). The van der Waals surface area contributed by atoms with Gasteiger partial charge in [0, 0.05) is 59.7 Å². The first kappa shape index (κ1) is 34.1. The van der Waals surface area contributed by atoms with Crippen molar-refractivity contribution in [2.24, 2.45) is 7.05 Å². The van der Waals surface area contributed by atoms with Crippen LogP contribution in [0.2, 0.25) is 5.02 Å². The van der Waals surface area contributed by atoms with Crippen molar-refractivity contribution in [2.45, 2.75) is 76.9 Å². The smallest absolute Gasteiger partial charge is 0.253 e. The number of benzene rings is 2. The van der Waals surface area contributed by atoms with Gasteiger partial charge in [0.15, 0.2) is 0 Å². The maximum absolute atomic E-state index is 15.2. The van der Waals surface area contributed by atoms with Crippen molar-refractivity contribution in [1.29, 1.82) is 0 Å². The molecule has 3 saturated heterocycles. The van der Waals surface area contributed by atoms with Gasteiger partial charge in [-0.3, -0.25) is 24.6 Å². The van der Waals surface area contributed by atoms with E-state index in [0.717, 1.165) is 91.0 Å². The quantitative estimate of drug-likeness (QED) is 0.303. The number of hydrogen-bond donors (Lipinski definition) is 2. The molecule has 1 unspecified atom stereocenters. The highest BCUT2D eigenvalue weighted by Crippen LogP contribution is 2.37. The first-order chi connectivity index (χ1) is 23.0. The van der Waals surface area contributed by atoms with Crippen molar-refractivity contribution >= 4 is 29.1 Å². The highest BCUT2D eigenvalue weighted by atomic mass is 35.5. The first-order valence-electron chi connectivity index (χ1n) is 16.9. The third-order valence-electron chi connectivity index (χ3n) is 10.6. The summed E-state index contributed by atoms with van der Waals surface area (Å²) in [7, 11) is 3.44. The zero-order valence-electron chi connectivity index (χ0n) is 28.2. The average Bonchev–Trinajstić information content (AvgIpc) is 3.08. The van der Waals surface area contributed by atoms with E-state index >= 15 is 4.39 Å². The number of pyridine rings is 1. The van der Waals surface area contributed by atoms with Gasteiger partial charge in [0.2, 0.25) is 11.8 Å². The van der Waals surface area contributed by atoms with E-state index in [4.69, 9.17) is 16.3 Å². The predicted octanol–water partition coefficient (Wildman–Crippen LogP) is 5.53. The summed E-state index contributed by atoms with van der Waals surface area (Å²) in [5, 5.41) is 6.07. The molecule has 3 fully saturated rings. The molecule has 1 atom stereocenters. The van der Waals surface area contributed by atoms with Crippen molar-refractivity contribution < 1.29 is 18.7 Å². The lowest BCUT2D eigenvalue weighted by atomic mass is 9.87. The van der Waals surface area contributed by atoms with Gasteiger partial charge in [-0.15, -0.1) is 0 Å². The summed E-state index contributed by atoms with van der Waals surface area (Å²) in [6.07, 6.45) is 6.48. The van der Waals surface area contributed by atoms with E-state index in [1.807, 2.05) is 44.3 Å². The Morgan fingerprint density at radius 1 is 0.979 bits per heavy atom. The average molecular weight is 678 g/mol. The van der Waals surface area contributed by atoms with Crippen LogP contribution >= 0.6 is 11.6 Å². The van der Waals surface area contributed by atoms with E-state index in [9.17, 15) is 14.4 Å². The maximum Gasteiger partial charge on any atom is 0.253 e. The Morgan fingerprint density at radius 2 is 1.71 bits per heavy atom. The number of piperidine rings is 3. The Kier molecular flexibility index (Phi) is 10.2. The van der Waals surface area contributed by atoms with Gasteiger partial charge in [0.1, 0.15) is 17.6 Å². The minimum Gasteiger partial charge on any atom is -0.496 e. The molecule has 0 spiro atoms. The van der Waals surface area contributed by atoms with Crippen LogP contribution in [0.5, 0.6) is 5.75 Å². The number of nitrogens with one attached hydrogen (secondary N) is 2. The summed E-state index contributed by atoms with van der Waals surface area (Å²) in [5.41, 5.74) is 5.82. The van der Waals surface area contributed by atoms with E-state index < -0.39 is 6.04 Å². The SMILES string of the molecule is COc1cc(-c2cn(C)c(=O)c(C)c2C)cc(Cl)c1CN1CCC(N2CCC(c3ccc(NC4CCC(=O)NC4=O)cc3F)CC2)CC1. The Hall–Kier alpha value is -3.73. The molecule has 0 aliphatic carbocycles. The van der Waals surface area contributed by atoms with Gasteiger partial charge < -0.3 is 19.5 Å². The second-order valence-electron chi connectivity index (χ2n) is 13.5. The second kappa shape index (κ2) is 14.4. The molecule has 2 aromatic carbocycles. The zero-order valence-corrected chi connectivity index (χ0v) is 29.0. The largest absolute Gasteiger partial charge is 0.496 e. The summed E-state index contributed by atoms with van der Waals surface area (Å²) in [5.74, 6) is 0.0301. The van der Waals surface area contributed by atoms with Crippen LogP contribution in [0.15, 0.2) is 41.3 Å².